The summed E-state index contributed by atoms with van der Waals surface area (Å²) in [5.74, 6) is -1.09. The van der Waals surface area contributed by atoms with Gasteiger partial charge in [-0.3, -0.25) is 0 Å². The second-order valence-electron chi connectivity index (χ2n) is 3.72. The molecule has 0 saturated carbocycles. The first-order valence-corrected chi connectivity index (χ1v) is 8.02. The molecule has 0 bridgehead atoms. The molecule has 0 aromatic rings. The summed E-state index contributed by atoms with van der Waals surface area (Å²) in [5.41, 5.74) is 5.25. The molecule has 17 heavy (non-hydrogen) atoms. The van der Waals surface area contributed by atoms with E-state index in [1.54, 1.807) is 0 Å². The topological polar surface area (TPSA) is 118 Å². The van der Waals surface area contributed by atoms with Crippen molar-refractivity contribution >= 4 is 32.7 Å². The van der Waals surface area contributed by atoms with E-state index >= 15 is 0 Å². The van der Waals surface area contributed by atoms with Crippen molar-refractivity contribution in [1.29, 1.82) is 0 Å². The molecule has 0 aliphatic carbocycles. The first-order chi connectivity index (χ1) is 7.88. The van der Waals surface area contributed by atoms with Crippen LogP contribution in [0.25, 0.3) is 0 Å². The molecular weight excluding hydrogens is 293 g/mol. The van der Waals surface area contributed by atoms with Gasteiger partial charge in [0.1, 0.15) is 0 Å². The third-order valence-corrected chi connectivity index (χ3v) is 3.79. The van der Waals surface area contributed by atoms with Crippen molar-refractivity contribution in [1.82, 2.24) is 0 Å². The molecular formula is C10H17NO5Se. The Labute approximate surface area is 106 Å². The van der Waals surface area contributed by atoms with Gasteiger partial charge in [-0.25, -0.2) is 0 Å². The van der Waals surface area contributed by atoms with Crippen molar-refractivity contribution < 1.29 is 24.6 Å². The van der Waals surface area contributed by atoms with Gasteiger partial charge in [0.15, 0.2) is 0 Å². The molecule has 2 atom stereocenters. The second-order valence-corrected chi connectivity index (χ2v) is 5.63. The van der Waals surface area contributed by atoms with E-state index in [2.05, 4.69) is 0 Å². The molecule has 0 spiro atoms. The van der Waals surface area contributed by atoms with Gasteiger partial charge in [0.2, 0.25) is 0 Å². The second kappa shape index (κ2) is 8.22. The maximum atomic E-state index is 11.5. The number of hydrogen-bond acceptors (Lipinski definition) is 4. The molecule has 0 amide bonds. The molecule has 0 radical (unpaired) electrons. The Morgan fingerprint density at radius 1 is 1.24 bits per heavy atom. The summed E-state index contributed by atoms with van der Waals surface area (Å²) in [4.78, 5) is 32.7. The predicted molar refractivity (Wildman–Crippen MR) is 62.0 cm³/mol. The van der Waals surface area contributed by atoms with Crippen molar-refractivity contribution in [2.24, 2.45) is 11.7 Å². The number of carboxylic acid groups (broad SMARTS) is 2. The van der Waals surface area contributed by atoms with Crippen LogP contribution in [0.4, 0.5) is 0 Å². The van der Waals surface area contributed by atoms with Crippen LogP contribution in [0.2, 0.25) is 11.1 Å². The van der Waals surface area contributed by atoms with Crippen LogP contribution in [0.5, 0.6) is 0 Å². The Bertz CT molecular complexity index is 294. The van der Waals surface area contributed by atoms with Gasteiger partial charge in [0.25, 0.3) is 0 Å². The van der Waals surface area contributed by atoms with Gasteiger partial charge in [-0.2, -0.15) is 0 Å². The summed E-state index contributed by atoms with van der Waals surface area (Å²) in [6.07, 6.45) is 0.0446. The van der Waals surface area contributed by atoms with Gasteiger partial charge < -0.3 is 0 Å². The fourth-order valence-electron chi connectivity index (χ4n) is 1.24. The van der Waals surface area contributed by atoms with E-state index in [1.807, 2.05) is 5.82 Å². The van der Waals surface area contributed by atoms with Crippen LogP contribution in [0.1, 0.15) is 19.3 Å². The Hall–Kier alpha value is -0.911. The Kier molecular flexibility index (Phi) is 7.78. The number of rotatable bonds is 9. The minimum absolute atomic E-state index is 0.0218. The zero-order valence-electron chi connectivity index (χ0n) is 9.59. The molecule has 98 valence electrons. The van der Waals surface area contributed by atoms with Crippen molar-refractivity contribution in [3.05, 3.63) is 0 Å². The Balaban J connectivity index is 4.06. The first-order valence-electron chi connectivity index (χ1n) is 5.10. The summed E-state index contributed by atoms with van der Waals surface area (Å²) >= 11 is 0.195. The number of nitrogens with two attached hydrogens (primary N) is 1. The molecule has 0 aliphatic rings. The molecule has 7 heteroatoms. The van der Waals surface area contributed by atoms with Crippen molar-refractivity contribution in [3.8, 4) is 0 Å². The zero-order chi connectivity index (χ0) is 13.4. The van der Waals surface area contributed by atoms with E-state index < -0.39 is 23.9 Å². The van der Waals surface area contributed by atoms with Crippen LogP contribution in [0.15, 0.2) is 0 Å². The van der Waals surface area contributed by atoms with Crippen LogP contribution in [-0.4, -0.2) is 48.9 Å². The van der Waals surface area contributed by atoms with Gasteiger partial charge in [-0.15, -0.1) is 0 Å². The van der Waals surface area contributed by atoms with Crippen LogP contribution < -0.4 is 5.73 Å². The standard InChI is InChI=1S/C10H17NO5Se/c1-17-5-6(9(13)14)4-7(12)2-3-8(11)10(15)16/h6,8H,2-5,11H2,1H3,(H,13,14)(H,15,16). The van der Waals surface area contributed by atoms with Crippen LogP contribution >= 0.6 is 0 Å². The molecule has 0 aliphatic heterocycles. The third kappa shape index (κ3) is 7.09. The summed E-state index contributed by atoms with van der Waals surface area (Å²) < 4.78 is 0. The number of ketones is 1. The number of aliphatic carboxylic acids is 2. The molecule has 0 aromatic heterocycles. The molecule has 0 heterocycles. The van der Waals surface area contributed by atoms with E-state index in [9.17, 15) is 14.4 Å². The summed E-state index contributed by atoms with van der Waals surface area (Å²) in [6.45, 7) is 0. The van der Waals surface area contributed by atoms with E-state index in [-0.39, 0.29) is 40.0 Å². The van der Waals surface area contributed by atoms with E-state index in [1.165, 1.54) is 0 Å². The molecule has 0 aromatic carbocycles. The van der Waals surface area contributed by atoms with E-state index in [0.29, 0.717) is 5.32 Å². The average molecular weight is 310 g/mol. The van der Waals surface area contributed by atoms with E-state index in [4.69, 9.17) is 15.9 Å². The third-order valence-electron chi connectivity index (χ3n) is 2.24. The molecule has 0 saturated heterocycles. The van der Waals surface area contributed by atoms with Crippen LogP contribution in [-0.2, 0) is 14.4 Å². The predicted octanol–water partition coefficient (Wildman–Crippen LogP) is 0.00910. The van der Waals surface area contributed by atoms with Gasteiger partial charge in [-0.05, 0) is 0 Å². The quantitative estimate of drug-likeness (QED) is 0.516. The Morgan fingerprint density at radius 3 is 2.24 bits per heavy atom. The van der Waals surface area contributed by atoms with Gasteiger partial charge in [-0.1, -0.05) is 0 Å². The minimum atomic E-state index is -1.15. The monoisotopic (exact) mass is 311 g/mol. The number of carbonyl (C=O) groups excluding carboxylic acids is 1. The normalized spacial score (nSPS) is 14.0. The van der Waals surface area contributed by atoms with Crippen molar-refractivity contribution in [2.45, 2.75) is 36.4 Å². The number of Topliss-reactive ketones (excluding diaryl/α,β-unsaturated/α-hetero) is 1. The maximum absolute atomic E-state index is 11.5. The van der Waals surface area contributed by atoms with Gasteiger partial charge in [0, 0.05) is 0 Å². The number of carbonyl (C=O) groups is 3. The fourth-order valence-corrected chi connectivity index (χ4v) is 2.63. The zero-order valence-corrected chi connectivity index (χ0v) is 11.3. The van der Waals surface area contributed by atoms with Crippen LogP contribution in [0.3, 0.4) is 0 Å². The molecule has 0 rings (SSSR count). The first kappa shape index (κ1) is 16.1. The number of hydrogen-bond donors (Lipinski definition) is 3. The SMILES string of the molecule is C[Se]CC(CC(=O)CCC(N)C(=O)O)C(=O)O. The molecule has 4 N–H and O–H groups in total. The Morgan fingerprint density at radius 2 is 1.82 bits per heavy atom. The molecule has 2 unspecified atom stereocenters. The summed E-state index contributed by atoms with van der Waals surface area (Å²) in [5, 5.41) is 17.9. The molecule has 0 fully saturated rings. The number of carboxylic acids is 2. The van der Waals surface area contributed by atoms with Gasteiger partial charge >= 0.3 is 105 Å². The summed E-state index contributed by atoms with van der Waals surface area (Å²) in [7, 11) is 0. The summed E-state index contributed by atoms with van der Waals surface area (Å²) in [6, 6.07) is -1.06. The van der Waals surface area contributed by atoms with Gasteiger partial charge in [0.05, 0.1) is 0 Å². The van der Waals surface area contributed by atoms with Crippen molar-refractivity contribution in [2.75, 3.05) is 0 Å². The van der Waals surface area contributed by atoms with Crippen molar-refractivity contribution in [3.63, 3.8) is 0 Å². The van der Waals surface area contributed by atoms with Crippen LogP contribution in [0, 0.1) is 5.92 Å². The molecule has 6 nitrogen and oxygen atoms in total. The average Bonchev–Trinajstić information content (AvgIpc) is 2.24. The fraction of sp³-hybridized carbons (Fsp3) is 0.700. The van der Waals surface area contributed by atoms with E-state index in [0.717, 1.165) is 0 Å².